The first-order chi connectivity index (χ1) is 9.19. The summed E-state index contributed by atoms with van der Waals surface area (Å²) in [6.07, 6.45) is 2.70. The average Bonchev–Trinajstić information content (AvgIpc) is 3.11. The lowest BCUT2D eigenvalue weighted by atomic mass is 10.1. The Balaban J connectivity index is 1.89. The SMILES string of the molecule is CNC(c1ccc(-c2ccc(Cl)c(Br)c2)s1)C1CC1. The zero-order chi connectivity index (χ0) is 13.4. The lowest BCUT2D eigenvalue weighted by molar-refractivity contribution is 0.537. The molecule has 1 unspecified atom stereocenters. The molecule has 0 radical (unpaired) electrons. The molecule has 1 aromatic heterocycles. The van der Waals surface area contributed by atoms with Gasteiger partial charge in [0.1, 0.15) is 0 Å². The van der Waals surface area contributed by atoms with Gasteiger partial charge in [-0.25, -0.2) is 0 Å². The van der Waals surface area contributed by atoms with E-state index in [0.717, 1.165) is 15.4 Å². The van der Waals surface area contributed by atoms with Gasteiger partial charge in [-0.2, -0.15) is 0 Å². The van der Waals surface area contributed by atoms with E-state index in [0.29, 0.717) is 6.04 Å². The highest BCUT2D eigenvalue weighted by atomic mass is 79.9. The maximum Gasteiger partial charge on any atom is 0.0548 e. The van der Waals surface area contributed by atoms with E-state index in [4.69, 9.17) is 11.6 Å². The second-order valence-corrected chi connectivity index (χ2v) is 7.31. The van der Waals surface area contributed by atoms with Crippen molar-refractivity contribution in [1.29, 1.82) is 0 Å². The van der Waals surface area contributed by atoms with E-state index in [2.05, 4.69) is 52.6 Å². The van der Waals surface area contributed by atoms with Crippen molar-refractivity contribution in [3.8, 4) is 10.4 Å². The van der Waals surface area contributed by atoms with Gasteiger partial charge in [0.2, 0.25) is 0 Å². The summed E-state index contributed by atoms with van der Waals surface area (Å²) < 4.78 is 0.953. The maximum absolute atomic E-state index is 6.04. The summed E-state index contributed by atoms with van der Waals surface area (Å²) in [7, 11) is 2.06. The molecule has 1 atom stereocenters. The van der Waals surface area contributed by atoms with Gasteiger partial charge in [-0.1, -0.05) is 17.7 Å². The molecular weight excluding hydrogens is 342 g/mol. The van der Waals surface area contributed by atoms with Crippen molar-refractivity contribution in [3.63, 3.8) is 0 Å². The molecule has 0 bridgehead atoms. The van der Waals surface area contributed by atoms with Gasteiger partial charge in [0.25, 0.3) is 0 Å². The van der Waals surface area contributed by atoms with Crippen LogP contribution in [0.2, 0.25) is 5.02 Å². The summed E-state index contributed by atoms with van der Waals surface area (Å²) >= 11 is 11.4. The third kappa shape index (κ3) is 2.89. The summed E-state index contributed by atoms with van der Waals surface area (Å²) in [6.45, 7) is 0. The Labute approximate surface area is 131 Å². The molecule has 19 heavy (non-hydrogen) atoms. The summed E-state index contributed by atoms with van der Waals surface area (Å²) in [6, 6.07) is 11.1. The van der Waals surface area contributed by atoms with E-state index in [1.165, 1.54) is 28.2 Å². The van der Waals surface area contributed by atoms with Gasteiger partial charge in [0.15, 0.2) is 0 Å². The molecule has 3 rings (SSSR count). The Morgan fingerprint density at radius 3 is 2.74 bits per heavy atom. The summed E-state index contributed by atoms with van der Waals surface area (Å²) in [5.41, 5.74) is 1.22. The Kier molecular flexibility index (Phi) is 3.99. The fourth-order valence-corrected chi connectivity index (χ4v) is 4.07. The quantitative estimate of drug-likeness (QED) is 0.762. The lowest BCUT2D eigenvalue weighted by Crippen LogP contribution is -2.16. The van der Waals surface area contributed by atoms with Gasteiger partial charge in [-0.3, -0.25) is 0 Å². The lowest BCUT2D eigenvalue weighted by Gasteiger charge is -2.12. The van der Waals surface area contributed by atoms with Crippen LogP contribution in [0.25, 0.3) is 10.4 Å². The van der Waals surface area contributed by atoms with Crippen LogP contribution in [0.15, 0.2) is 34.8 Å². The second kappa shape index (κ2) is 5.57. The molecule has 1 fully saturated rings. The zero-order valence-corrected chi connectivity index (χ0v) is 13.8. The smallest absolute Gasteiger partial charge is 0.0548 e. The zero-order valence-electron chi connectivity index (χ0n) is 10.6. The molecule has 1 aliphatic carbocycles. The number of hydrogen-bond acceptors (Lipinski definition) is 2. The van der Waals surface area contributed by atoms with Crippen molar-refractivity contribution >= 4 is 38.9 Å². The Morgan fingerprint density at radius 2 is 2.11 bits per heavy atom. The normalized spacial score (nSPS) is 16.6. The maximum atomic E-state index is 6.04. The highest BCUT2D eigenvalue weighted by Gasteiger charge is 2.32. The first-order valence-electron chi connectivity index (χ1n) is 6.41. The van der Waals surface area contributed by atoms with Gasteiger partial charge in [-0.15, -0.1) is 11.3 Å². The Bertz CT molecular complexity index is 592. The molecule has 1 aliphatic rings. The monoisotopic (exact) mass is 355 g/mol. The fraction of sp³-hybridized carbons (Fsp3) is 0.333. The van der Waals surface area contributed by atoms with E-state index in [-0.39, 0.29) is 0 Å². The van der Waals surface area contributed by atoms with Crippen LogP contribution in [-0.2, 0) is 0 Å². The highest BCUT2D eigenvalue weighted by Crippen LogP contribution is 2.44. The second-order valence-electron chi connectivity index (χ2n) is 4.93. The van der Waals surface area contributed by atoms with E-state index in [1.807, 2.05) is 17.4 Å². The van der Waals surface area contributed by atoms with Gasteiger partial charge in [-0.05, 0) is 71.6 Å². The van der Waals surface area contributed by atoms with Crippen LogP contribution in [0.3, 0.4) is 0 Å². The molecule has 0 aliphatic heterocycles. The fourth-order valence-electron chi connectivity index (χ4n) is 2.36. The first-order valence-corrected chi connectivity index (χ1v) is 8.40. The van der Waals surface area contributed by atoms with E-state index >= 15 is 0 Å². The van der Waals surface area contributed by atoms with Crippen LogP contribution in [0.1, 0.15) is 23.8 Å². The van der Waals surface area contributed by atoms with Gasteiger partial charge in [0.05, 0.1) is 5.02 Å². The van der Waals surface area contributed by atoms with Gasteiger partial charge < -0.3 is 5.32 Å². The van der Waals surface area contributed by atoms with E-state index in [1.54, 1.807) is 0 Å². The van der Waals surface area contributed by atoms with Crippen molar-refractivity contribution in [2.45, 2.75) is 18.9 Å². The van der Waals surface area contributed by atoms with Crippen molar-refractivity contribution in [3.05, 3.63) is 44.7 Å². The largest absolute Gasteiger partial charge is 0.312 e. The first kappa shape index (κ1) is 13.6. The van der Waals surface area contributed by atoms with Gasteiger partial charge in [0, 0.05) is 20.3 Å². The van der Waals surface area contributed by atoms with Crippen LogP contribution in [0.5, 0.6) is 0 Å². The number of hydrogen-bond donors (Lipinski definition) is 1. The third-order valence-corrected chi connectivity index (χ3v) is 5.97. The molecule has 1 N–H and O–H groups in total. The molecule has 100 valence electrons. The number of halogens is 2. The molecule has 0 saturated heterocycles. The molecule has 0 amide bonds. The Hall–Kier alpha value is -0.350. The van der Waals surface area contributed by atoms with E-state index in [9.17, 15) is 0 Å². The van der Waals surface area contributed by atoms with Crippen molar-refractivity contribution < 1.29 is 0 Å². The molecule has 1 nitrogen and oxygen atoms in total. The predicted octanol–water partition coefficient (Wildman–Crippen LogP) is 5.50. The van der Waals surface area contributed by atoms with E-state index < -0.39 is 0 Å². The van der Waals surface area contributed by atoms with Crippen LogP contribution in [0.4, 0.5) is 0 Å². The van der Waals surface area contributed by atoms with Crippen molar-refractivity contribution in [2.75, 3.05) is 7.05 Å². The van der Waals surface area contributed by atoms with Crippen molar-refractivity contribution in [1.82, 2.24) is 5.32 Å². The average molecular weight is 357 g/mol. The summed E-state index contributed by atoms with van der Waals surface area (Å²) in [5, 5.41) is 4.20. The molecule has 1 heterocycles. The number of benzene rings is 1. The molecule has 1 aromatic carbocycles. The van der Waals surface area contributed by atoms with Crippen LogP contribution >= 0.6 is 38.9 Å². The summed E-state index contributed by atoms with van der Waals surface area (Å²) in [5.74, 6) is 0.827. The third-order valence-electron chi connectivity index (χ3n) is 3.54. The molecule has 1 saturated carbocycles. The molecule has 2 aromatic rings. The summed E-state index contributed by atoms with van der Waals surface area (Å²) in [4.78, 5) is 2.74. The molecule has 0 spiro atoms. The van der Waals surface area contributed by atoms with Gasteiger partial charge >= 0.3 is 0 Å². The Morgan fingerprint density at radius 1 is 1.32 bits per heavy atom. The van der Waals surface area contributed by atoms with Crippen LogP contribution < -0.4 is 5.32 Å². The standard InChI is InChI=1S/C15H15BrClNS/c1-18-15(9-2-3-9)14-7-6-13(19-14)10-4-5-12(17)11(16)8-10/h4-9,15,18H,2-3H2,1H3. The number of nitrogens with one attached hydrogen (secondary N) is 1. The number of thiophene rings is 1. The minimum atomic E-state index is 0.523. The highest BCUT2D eigenvalue weighted by molar-refractivity contribution is 9.10. The minimum Gasteiger partial charge on any atom is -0.312 e. The molecular formula is C15H15BrClNS. The molecule has 4 heteroatoms. The predicted molar refractivity (Wildman–Crippen MR) is 87.0 cm³/mol. The number of rotatable bonds is 4. The topological polar surface area (TPSA) is 12.0 Å². The van der Waals surface area contributed by atoms with Crippen LogP contribution in [-0.4, -0.2) is 7.05 Å². The van der Waals surface area contributed by atoms with Crippen molar-refractivity contribution in [2.24, 2.45) is 5.92 Å². The van der Waals surface area contributed by atoms with Crippen LogP contribution in [0, 0.1) is 5.92 Å². The minimum absolute atomic E-state index is 0.523.